The molecule has 0 spiro atoms. The monoisotopic (exact) mass is 455 g/mol. The van der Waals surface area contributed by atoms with Crippen molar-refractivity contribution in [2.75, 3.05) is 38.2 Å². The van der Waals surface area contributed by atoms with Gasteiger partial charge < -0.3 is 19.7 Å². The Morgan fingerprint density at radius 3 is 2.62 bits per heavy atom. The molecule has 0 aromatic heterocycles. The number of para-hydroxylation sites is 1. The fourth-order valence-corrected chi connectivity index (χ4v) is 3.39. The first-order chi connectivity index (χ1) is 15.4. The van der Waals surface area contributed by atoms with E-state index in [1.807, 2.05) is 6.07 Å². The van der Waals surface area contributed by atoms with E-state index >= 15 is 0 Å². The first-order valence-corrected chi connectivity index (χ1v) is 11.2. The number of amides is 2. The quantitative estimate of drug-likeness (QED) is 0.620. The van der Waals surface area contributed by atoms with Gasteiger partial charge in [0, 0.05) is 18.7 Å². The van der Waals surface area contributed by atoms with E-state index in [2.05, 4.69) is 24.5 Å². The van der Waals surface area contributed by atoms with Gasteiger partial charge in [0.05, 0.1) is 31.1 Å². The van der Waals surface area contributed by atoms with Gasteiger partial charge in [-0.3, -0.25) is 14.9 Å². The van der Waals surface area contributed by atoms with E-state index in [1.54, 1.807) is 47.4 Å². The van der Waals surface area contributed by atoms with E-state index in [4.69, 9.17) is 21.7 Å². The average Bonchev–Trinajstić information content (AvgIpc) is 2.79. The zero-order valence-corrected chi connectivity index (χ0v) is 19.2. The van der Waals surface area contributed by atoms with Gasteiger partial charge in [0.15, 0.2) is 5.11 Å². The Morgan fingerprint density at radius 2 is 1.88 bits per heavy atom. The standard InChI is InChI=1S/C24H29N3O4S/c1-17(2)10-13-31-19-7-5-6-18(16-19)22(28)26-24(32)25-21-9-4-3-8-20(21)23(29)27-11-14-30-15-12-27/h3-9,16-17H,10-15H2,1-2H3,(H2,25,26,28,32). The Morgan fingerprint density at radius 1 is 1.12 bits per heavy atom. The molecule has 1 saturated heterocycles. The van der Waals surface area contributed by atoms with Crippen LogP contribution in [-0.2, 0) is 4.74 Å². The highest BCUT2D eigenvalue weighted by Gasteiger charge is 2.21. The molecule has 170 valence electrons. The molecule has 0 unspecified atom stereocenters. The molecule has 2 N–H and O–H groups in total. The minimum Gasteiger partial charge on any atom is -0.494 e. The molecule has 7 nitrogen and oxygen atoms in total. The molecule has 1 aliphatic heterocycles. The van der Waals surface area contributed by atoms with Crippen LogP contribution in [0, 0.1) is 5.92 Å². The van der Waals surface area contributed by atoms with Crippen LogP contribution in [0.1, 0.15) is 41.0 Å². The molecule has 0 atom stereocenters. The third-order valence-corrected chi connectivity index (χ3v) is 5.20. The van der Waals surface area contributed by atoms with Gasteiger partial charge in [-0.05, 0) is 54.9 Å². The number of carbonyl (C=O) groups excluding carboxylic acids is 2. The Bertz CT molecular complexity index is 958. The molecule has 0 bridgehead atoms. The van der Waals surface area contributed by atoms with Gasteiger partial charge in [0.2, 0.25) is 0 Å². The number of nitrogens with zero attached hydrogens (tertiary/aromatic N) is 1. The summed E-state index contributed by atoms with van der Waals surface area (Å²) in [6.07, 6.45) is 0.938. The van der Waals surface area contributed by atoms with Crippen molar-refractivity contribution in [1.29, 1.82) is 0 Å². The second-order valence-electron chi connectivity index (χ2n) is 7.92. The van der Waals surface area contributed by atoms with E-state index in [0.29, 0.717) is 61.4 Å². The van der Waals surface area contributed by atoms with Crippen molar-refractivity contribution < 1.29 is 19.1 Å². The highest BCUT2D eigenvalue weighted by Crippen LogP contribution is 2.19. The van der Waals surface area contributed by atoms with Crippen molar-refractivity contribution in [3.63, 3.8) is 0 Å². The predicted molar refractivity (Wildman–Crippen MR) is 128 cm³/mol. The smallest absolute Gasteiger partial charge is 0.257 e. The minimum atomic E-state index is -0.353. The fourth-order valence-electron chi connectivity index (χ4n) is 3.18. The molecule has 0 aliphatic carbocycles. The summed E-state index contributed by atoms with van der Waals surface area (Å²) in [5, 5.41) is 5.77. The lowest BCUT2D eigenvalue weighted by Crippen LogP contribution is -2.41. The number of benzene rings is 2. The largest absolute Gasteiger partial charge is 0.494 e. The van der Waals surface area contributed by atoms with Crippen LogP contribution < -0.4 is 15.4 Å². The molecule has 2 aromatic carbocycles. The van der Waals surface area contributed by atoms with E-state index < -0.39 is 0 Å². The Labute approximate surface area is 194 Å². The number of thiocarbonyl (C=S) groups is 1. The number of ether oxygens (including phenoxy) is 2. The lowest BCUT2D eigenvalue weighted by Gasteiger charge is -2.27. The molecule has 0 radical (unpaired) electrons. The normalized spacial score (nSPS) is 13.5. The summed E-state index contributed by atoms with van der Waals surface area (Å²) >= 11 is 5.33. The van der Waals surface area contributed by atoms with Crippen LogP contribution >= 0.6 is 12.2 Å². The zero-order valence-electron chi connectivity index (χ0n) is 18.4. The number of nitrogens with one attached hydrogen (secondary N) is 2. The van der Waals surface area contributed by atoms with Crippen molar-refractivity contribution in [3.05, 3.63) is 59.7 Å². The number of morpholine rings is 1. The van der Waals surface area contributed by atoms with Crippen LogP contribution in [0.2, 0.25) is 0 Å². The predicted octanol–water partition coefficient (Wildman–Crippen LogP) is 3.71. The van der Waals surface area contributed by atoms with Gasteiger partial charge in [0.1, 0.15) is 5.75 Å². The lowest BCUT2D eigenvalue weighted by atomic mass is 10.1. The van der Waals surface area contributed by atoms with Crippen molar-refractivity contribution in [1.82, 2.24) is 10.2 Å². The van der Waals surface area contributed by atoms with Gasteiger partial charge in [-0.15, -0.1) is 0 Å². The SMILES string of the molecule is CC(C)CCOc1cccc(C(=O)NC(=S)Nc2ccccc2C(=O)N2CCOCC2)c1. The second kappa shape index (κ2) is 11.6. The number of rotatable bonds is 7. The van der Waals surface area contributed by atoms with Crippen molar-refractivity contribution in [2.24, 2.45) is 5.92 Å². The molecule has 0 saturated carbocycles. The second-order valence-corrected chi connectivity index (χ2v) is 8.33. The van der Waals surface area contributed by atoms with Crippen LogP contribution in [0.3, 0.4) is 0 Å². The van der Waals surface area contributed by atoms with Crippen molar-refractivity contribution in [3.8, 4) is 5.75 Å². The maximum Gasteiger partial charge on any atom is 0.257 e. The summed E-state index contributed by atoms with van der Waals surface area (Å²) in [6.45, 7) is 7.00. The van der Waals surface area contributed by atoms with E-state index in [0.717, 1.165) is 6.42 Å². The Balaban J connectivity index is 1.61. The molecule has 1 aliphatic rings. The summed E-state index contributed by atoms with van der Waals surface area (Å²) in [6, 6.07) is 14.1. The molecule has 2 aromatic rings. The third kappa shape index (κ3) is 6.77. The first kappa shape index (κ1) is 23.7. The molecular weight excluding hydrogens is 426 g/mol. The Kier molecular flexibility index (Phi) is 8.58. The molecule has 32 heavy (non-hydrogen) atoms. The van der Waals surface area contributed by atoms with Gasteiger partial charge in [-0.1, -0.05) is 32.0 Å². The van der Waals surface area contributed by atoms with Gasteiger partial charge in [-0.25, -0.2) is 0 Å². The minimum absolute atomic E-state index is 0.100. The van der Waals surface area contributed by atoms with Crippen LogP contribution in [0.15, 0.2) is 48.5 Å². The summed E-state index contributed by atoms with van der Waals surface area (Å²) in [5.41, 5.74) is 1.47. The van der Waals surface area contributed by atoms with Crippen LogP contribution in [-0.4, -0.2) is 54.7 Å². The third-order valence-electron chi connectivity index (χ3n) is 4.99. The zero-order chi connectivity index (χ0) is 22.9. The lowest BCUT2D eigenvalue weighted by molar-refractivity contribution is 0.0303. The average molecular weight is 456 g/mol. The maximum atomic E-state index is 12.9. The van der Waals surface area contributed by atoms with Gasteiger partial charge >= 0.3 is 0 Å². The number of hydrogen-bond donors (Lipinski definition) is 2. The summed E-state index contributed by atoms with van der Waals surface area (Å²) in [7, 11) is 0. The topological polar surface area (TPSA) is 79.9 Å². The number of anilines is 1. The van der Waals surface area contributed by atoms with Crippen molar-refractivity contribution >= 4 is 34.8 Å². The van der Waals surface area contributed by atoms with E-state index in [1.165, 1.54) is 0 Å². The summed E-state index contributed by atoms with van der Waals surface area (Å²) in [5.74, 6) is 0.729. The Hall–Kier alpha value is -2.97. The van der Waals surface area contributed by atoms with Crippen molar-refractivity contribution in [2.45, 2.75) is 20.3 Å². The molecule has 1 fully saturated rings. The fraction of sp³-hybridized carbons (Fsp3) is 0.375. The van der Waals surface area contributed by atoms with E-state index in [9.17, 15) is 9.59 Å². The highest BCUT2D eigenvalue weighted by molar-refractivity contribution is 7.80. The first-order valence-electron chi connectivity index (χ1n) is 10.8. The molecular formula is C24H29N3O4S. The van der Waals surface area contributed by atoms with Crippen LogP contribution in [0.25, 0.3) is 0 Å². The van der Waals surface area contributed by atoms with Crippen LogP contribution in [0.5, 0.6) is 5.75 Å². The van der Waals surface area contributed by atoms with Gasteiger partial charge in [-0.2, -0.15) is 0 Å². The summed E-state index contributed by atoms with van der Waals surface area (Å²) < 4.78 is 11.0. The number of carbonyl (C=O) groups is 2. The van der Waals surface area contributed by atoms with Gasteiger partial charge in [0.25, 0.3) is 11.8 Å². The highest BCUT2D eigenvalue weighted by atomic mass is 32.1. The molecule has 2 amide bonds. The number of hydrogen-bond acceptors (Lipinski definition) is 5. The van der Waals surface area contributed by atoms with E-state index in [-0.39, 0.29) is 16.9 Å². The molecule has 3 rings (SSSR count). The molecule has 1 heterocycles. The maximum absolute atomic E-state index is 12.9. The van der Waals surface area contributed by atoms with Crippen LogP contribution in [0.4, 0.5) is 5.69 Å². The molecule has 8 heteroatoms. The summed E-state index contributed by atoms with van der Waals surface area (Å²) in [4.78, 5) is 27.3.